The molecular formula is C11H21N3. The van der Waals surface area contributed by atoms with Gasteiger partial charge in [-0.15, -0.1) is 0 Å². The number of fused-ring (bicyclic) bond motifs is 1. The van der Waals surface area contributed by atoms with E-state index < -0.39 is 0 Å². The Morgan fingerprint density at radius 3 is 2.64 bits per heavy atom. The van der Waals surface area contributed by atoms with Crippen LogP contribution in [0.15, 0.2) is 12.3 Å². The number of anilines is 1. The van der Waals surface area contributed by atoms with E-state index >= 15 is 0 Å². The lowest BCUT2D eigenvalue weighted by Gasteiger charge is -2.24. The highest BCUT2D eigenvalue weighted by molar-refractivity contribution is 5.43. The SMILES string of the molecule is CC.CNc1cc2n(c1)CCN(C)C2. The van der Waals surface area contributed by atoms with Crippen molar-refractivity contribution in [2.24, 2.45) is 0 Å². The van der Waals surface area contributed by atoms with Gasteiger partial charge in [-0.2, -0.15) is 0 Å². The lowest BCUT2D eigenvalue weighted by molar-refractivity contribution is 0.270. The molecule has 2 heterocycles. The lowest BCUT2D eigenvalue weighted by atomic mass is 10.3. The molecule has 0 bridgehead atoms. The quantitative estimate of drug-likeness (QED) is 0.739. The van der Waals surface area contributed by atoms with Crippen LogP contribution < -0.4 is 5.32 Å². The van der Waals surface area contributed by atoms with E-state index in [1.807, 2.05) is 20.9 Å². The lowest BCUT2D eigenvalue weighted by Crippen LogP contribution is -2.29. The van der Waals surface area contributed by atoms with Crippen molar-refractivity contribution >= 4 is 5.69 Å². The Balaban J connectivity index is 0.000000461. The van der Waals surface area contributed by atoms with Crippen molar-refractivity contribution in [2.75, 3.05) is 26.0 Å². The van der Waals surface area contributed by atoms with Crippen LogP contribution in [0.5, 0.6) is 0 Å². The van der Waals surface area contributed by atoms with Crippen LogP contribution in [0.25, 0.3) is 0 Å². The van der Waals surface area contributed by atoms with Crippen molar-refractivity contribution in [3.63, 3.8) is 0 Å². The molecule has 3 nitrogen and oxygen atoms in total. The molecule has 0 radical (unpaired) electrons. The first-order valence-corrected chi connectivity index (χ1v) is 5.35. The molecule has 1 aromatic heterocycles. The smallest absolute Gasteiger partial charge is 0.0520 e. The maximum Gasteiger partial charge on any atom is 0.0520 e. The van der Waals surface area contributed by atoms with Gasteiger partial charge < -0.3 is 9.88 Å². The number of hydrogen-bond donors (Lipinski definition) is 1. The van der Waals surface area contributed by atoms with Crippen LogP contribution in [0, 0.1) is 0 Å². The molecule has 0 amide bonds. The third-order valence-corrected chi connectivity index (χ3v) is 2.43. The summed E-state index contributed by atoms with van der Waals surface area (Å²) in [7, 11) is 4.13. The van der Waals surface area contributed by atoms with E-state index in [0.717, 1.165) is 19.6 Å². The molecule has 1 aliphatic rings. The van der Waals surface area contributed by atoms with E-state index in [1.165, 1.54) is 11.4 Å². The first-order chi connectivity index (χ1) is 6.79. The van der Waals surface area contributed by atoms with Crippen molar-refractivity contribution in [1.82, 2.24) is 9.47 Å². The molecule has 0 spiro atoms. The number of rotatable bonds is 1. The Bertz CT molecular complexity index is 278. The summed E-state index contributed by atoms with van der Waals surface area (Å²) in [6.45, 7) is 7.35. The average Bonchev–Trinajstić information content (AvgIpc) is 2.62. The topological polar surface area (TPSA) is 20.2 Å². The second-order valence-corrected chi connectivity index (χ2v) is 3.40. The largest absolute Gasteiger partial charge is 0.387 e. The van der Waals surface area contributed by atoms with Crippen LogP contribution >= 0.6 is 0 Å². The van der Waals surface area contributed by atoms with Gasteiger partial charge in [0.2, 0.25) is 0 Å². The first-order valence-electron chi connectivity index (χ1n) is 5.35. The number of aromatic nitrogens is 1. The van der Waals surface area contributed by atoms with Crippen molar-refractivity contribution in [2.45, 2.75) is 26.9 Å². The first kappa shape index (κ1) is 11.1. The third kappa shape index (κ3) is 2.29. The zero-order valence-corrected chi connectivity index (χ0v) is 9.67. The van der Waals surface area contributed by atoms with Gasteiger partial charge in [-0.25, -0.2) is 0 Å². The fraction of sp³-hybridized carbons (Fsp3) is 0.636. The van der Waals surface area contributed by atoms with Gasteiger partial charge in [0.05, 0.1) is 5.69 Å². The van der Waals surface area contributed by atoms with E-state index in [2.05, 4.69) is 34.1 Å². The Morgan fingerprint density at radius 2 is 2.00 bits per heavy atom. The minimum absolute atomic E-state index is 1.07. The van der Waals surface area contributed by atoms with Gasteiger partial charge in [-0.1, -0.05) is 13.8 Å². The van der Waals surface area contributed by atoms with Crippen molar-refractivity contribution in [3.05, 3.63) is 18.0 Å². The van der Waals surface area contributed by atoms with Crippen molar-refractivity contribution in [1.29, 1.82) is 0 Å². The Morgan fingerprint density at radius 1 is 1.29 bits per heavy atom. The molecule has 0 aromatic carbocycles. The highest BCUT2D eigenvalue weighted by atomic mass is 15.2. The highest BCUT2D eigenvalue weighted by Gasteiger charge is 2.12. The van der Waals surface area contributed by atoms with E-state index in [4.69, 9.17) is 0 Å². The van der Waals surface area contributed by atoms with Gasteiger partial charge in [0.1, 0.15) is 0 Å². The molecule has 1 N–H and O–H groups in total. The van der Waals surface area contributed by atoms with Gasteiger partial charge in [0.25, 0.3) is 0 Å². The minimum Gasteiger partial charge on any atom is -0.387 e. The molecule has 0 saturated heterocycles. The standard InChI is InChI=1S/C9H15N3.C2H6/c1-10-8-5-9-7-11(2)3-4-12(9)6-8;1-2/h5-6,10H,3-4,7H2,1-2H3;1-2H3. The van der Waals surface area contributed by atoms with Gasteiger partial charge in [0, 0.05) is 38.6 Å². The minimum atomic E-state index is 1.07. The summed E-state index contributed by atoms with van der Waals surface area (Å²) in [6, 6.07) is 2.22. The molecule has 1 aliphatic heterocycles. The normalized spacial score (nSPS) is 15.4. The van der Waals surface area contributed by atoms with Crippen LogP contribution in [0.2, 0.25) is 0 Å². The Kier molecular flexibility index (Phi) is 4.01. The molecular weight excluding hydrogens is 174 g/mol. The van der Waals surface area contributed by atoms with Crippen molar-refractivity contribution < 1.29 is 0 Å². The van der Waals surface area contributed by atoms with E-state index in [-0.39, 0.29) is 0 Å². The predicted molar refractivity (Wildman–Crippen MR) is 61.7 cm³/mol. The third-order valence-electron chi connectivity index (χ3n) is 2.43. The van der Waals surface area contributed by atoms with Gasteiger partial charge in [-0.3, -0.25) is 4.90 Å². The fourth-order valence-corrected chi connectivity index (χ4v) is 1.67. The summed E-state index contributed by atoms with van der Waals surface area (Å²) >= 11 is 0. The summed E-state index contributed by atoms with van der Waals surface area (Å²) in [5.74, 6) is 0. The van der Waals surface area contributed by atoms with Crippen LogP contribution in [-0.2, 0) is 13.1 Å². The highest BCUT2D eigenvalue weighted by Crippen LogP contribution is 2.17. The van der Waals surface area contributed by atoms with Crippen molar-refractivity contribution in [3.8, 4) is 0 Å². The van der Waals surface area contributed by atoms with Crippen LogP contribution in [0.1, 0.15) is 19.5 Å². The molecule has 1 aromatic rings. The van der Waals surface area contributed by atoms with Crippen LogP contribution in [0.4, 0.5) is 5.69 Å². The number of likely N-dealkylation sites (N-methyl/N-ethyl adjacent to an activating group) is 1. The number of hydrogen-bond acceptors (Lipinski definition) is 2. The fourth-order valence-electron chi connectivity index (χ4n) is 1.67. The molecule has 0 aliphatic carbocycles. The Labute approximate surface area is 86.7 Å². The second-order valence-electron chi connectivity index (χ2n) is 3.40. The summed E-state index contributed by atoms with van der Waals surface area (Å²) in [5.41, 5.74) is 2.63. The van der Waals surface area contributed by atoms with Gasteiger partial charge in [0.15, 0.2) is 0 Å². The molecule has 0 saturated carbocycles. The summed E-state index contributed by atoms with van der Waals surface area (Å²) in [5, 5.41) is 3.16. The monoisotopic (exact) mass is 195 g/mol. The van der Waals surface area contributed by atoms with Crippen LogP contribution in [-0.4, -0.2) is 30.1 Å². The molecule has 14 heavy (non-hydrogen) atoms. The second kappa shape index (κ2) is 5.05. The molecule has 0 unspecified atom stereocenters. The summed E-state index contributed by atoms with van der Waals surface area (Å²) in [6.07, 6.45) is 2.18. The predicted octanol–water partition coefficient (Wildman–Crippen LogP) is 2.00. The van der Waals surface area contributed by atoms with Crippen LogP contribution in [0.3, 0.4) is 0 Å². The van der Waals surface area contributed by atoms with E-state index in [0.29, 0.717) is 0 Å². The molecule has 0 fully saturated rings. The average molecular weight is 195 g/mol. The number of nitrogens with zero attached hydrogens (tertiary/aromatic N) is 2. The maximum absolute atomic E-state index is 3.16. The van der Waals surface area contributed by atoms with Gasteiger partial charge in [-0.05, 0) is 13.1 Å². The summed E-state index contributed by atoms with van der Waals surface area (Å²) < 4.78 is 2.33. The summed E-state index contributed by atoms with van der Waals surface area (Å²) in [4.78, 5) is 2.34. The molecule has 80 valence electrons. The Hall–Kier alpha value is -0.960. The zero-order valence-electron chi connectivity index (χ0n) is 9.67. The van der Waals surface area contributed by atoms with Gasteiger partial charge >= 0.3 is 0 Å². The molecule has 0 atom stereocenters. The van der Waals surface area contributed by atoms with E-state index in [9.17, 15) is 0 Å². The zero-order chi connectivity index (χ0) is 10.6. The van der Waals surface area contributed by atoms with E-state index in [1.54, 1.807) is 0 Å². The molecule has 3 heteroatoms. The maximum atomic E-state index is 3.16. The molecule has 2 rings (SSSR count). The number of nitrogens with one attached hydrogen (secondary N) is 1.